The molecule has 0 atom stereocenters. The second-order valence-corrected chi connectivity index (χ2v) is 6.11. The van der Waals surface area contributed by atoms with E-state index in [1.807, 2.05) is 6.92 Å². The van der Waals surface area contributed by atoms with E-state index in [-0.39, 0.29) is 42.8 Å². The number of hydrogen-bond donors (Lipinski definition) is 0. The van der Waals surface area contributed by atoms with Gasteiger partial charge in [-0.05, 0) is 43.9 Å². The highest BCUT2D eigenvalue weighted by Gasteiger charge is 2.15. The van der Waals surface area contributed by atoms with Gasteiger partial charge in [-0.2, -0.15) is 0 Å². The Labute approximate surface area is 163 Å². The predicted molar refractivity (Wildman–Crippen MR) is 103 cm³/mol. The first-order valence-corrected chi connectivity index (χ1v) is 9.18. The first-order chi connectivity index (χ1) is 13.3. The third kappa shape index (κ3) is 11.7. The molecule has 28 heavy (non-hydrogen) atoms. The Morgan fingerprint density at radius 2 is 1.29 bits per heavy atom. The molecule has 0 heterocycles. The summed E-state index contributed by atoms with van der Waals surface area (Å²) in [6.45, 7) is 1.98. The van der Waals surface area contributed by atoms with Crippen LogP contribution in [0.1, 0.15) is 71.1 Å². The van der Waals surface area contributed by atoms with Gasteiger partial charge in [-0.25, -0.2) is 0 Å². The third-order valence-corrected chi connectivity index (χ3v) is 3.96. The summed E-state index contributed by atoms with van der Waals surface area (Å²) in [6.07, 6.45) is 9.13. The van der Waals surface area contributed by atoms with Gasteiger partial charge in [-0.3, -0.25) is 35.1 Å². The van der Waals surface area contributed by atoms with Gasteiger partial charge in [0.05, 0.1) is 21.2 Å². The number of allylic oxidation sites excluding steroid dienone is 5. The lowest BCUT2D eigenvalue weighted by Crippen LogP contribution is -2.02. The number of rotatable bonds is 16. The molecule has 1 radical (unpaired) electrons. The van der Waals surface area contributed by atoms with E-state index in [9.17, 15) is 35.1 Å². The molecule has 0 unspecified atom stereocenters. The zero-order valence-corrected chi connectivity index (χ0v) is 16.0. The lowest BCUT2D eigenvalue weighted by molar-refractivity contribution is -0.432. The van der Waals surface area contributed by atoms with Crippen molar-refractivity contribution in [2.75, 3.05) is 0 Å². The molecule has 0 aliphatic rings. The Hall–Kier alpha value is -2.91. The van der Waals surface area contributed by atoms with Crippen molar-refractivity contribution in [3.05, 3.63) is 65.7 Å². The monoisotopic (exact) mass is 396 g/mol. The van der Waals surface area contributed by atoms with Crippen molar-refractivity contribution in [2.45, 2.75) is 71.1 Å². The maximum absolute atomic E-state index is 11.1. The van der Waals surface area contributed by atoms with Crippen LogP contribution in [0.15, 0.2) is 35.3 Å². The van der Waals surface area contributed by atoms with Gasteiger partial charge in [0.15, 0.2) is 6.29 Å². The van der Waals surface area contributed by atoms with E-state index in [4.69, 9.17) is 0 Å². The van der Waals surface area contributed by atoms with E-state index >= 15 is 0 Å². The van der Waals surface area contributed by atoms with Gasteiger partial charge in [0.2, 0.25) is 17.1 Å². The number of nitro groups is 3. The van der Waals surface area contributed by atoms with Gasteiger partial charge >= 0.3 is 0 Å². The molecule has 10 heteroatoms. The molecule has 155 valence electrons. The van der Waals surface area contributed by atoms with E-state index < -0.39 is 14.8 Å². The fourth-order valence-corrected chi connectivity index (χ4v) is 2.38. The highest BCUT2D eigenvalue weighted by Crippen LogP contribution is 2.15. The van der Waals surface area contributed by atoms with Crippen LogP contribution in [0.25, 0.3) is 0 Å². The van der Waals surface area contributed by atoms with Gasteiger partial charge in [-0.15, -0.1) is 0 Å². The van der Waals surface area contributed by atoms with Gasteiger partial charge in [0, 0.05) is 19.3 Å². The summed E-state index contributed by atoms with van der Waals surface area (Å²) in [6, 6.07) is 0. The minimum Gasteiger partial charge on any atom is -0.291 e. The van der Waals surface area contributed by atoms with E-state index in [2.05, 4.69) is 0 Å². The maximum Gasteiger partial charge on any atom is 0.246 e. The average molecular weight is 396 g/mol. The minimum absolute atomic E-state index is 0.00948. The van der Waals surface area contributed by atoms with Crippen LogP contribution < -0.4 is 0 Å². The summed E-state index contributed by atoms with van der Waals surface area (Å²) >= 11 is 0. The quantitative estimate of drug-likeness (QED) is 0.212. The second-order valence-electron chi connectivity index (χ2n) is 6.11. The summed E-state index contributed by atoms with van der Waals surface area (Å²) < 4.78 is 0. The molecular formula is C18H26N3O7. The normalized spacial score (nSPS) is 12.7. The largest absolute Gasteiger partial charge is 0.291 e. The molecular weight excluding hydrogens is 370 g/mol. The van der Waals surface area contributed by atoms with Crippen LogP contribution in [0, 0.1) is 30.3 Å². The summed E-state index contributed by atoms with van der Waals surface area (Å²) in [5.41, 5.74) is -0.395. The summed E-state index contributed by atoms with van der Waals surface area (Å²) in [4.78, 5) is 41.6. The molecule has 0 bridgehead atoms. The Morgan fingerprint density at radius 3 is 1.79 bits per heavy atom. The van der Waals surface area contributed by atoms with Crippen LogP contribution in [0.3, 0.4) is 0 Å². The summed E-state index contributed by atoms with van der Waals surface area (Å²) in [7, 11) is 0. The van der Waals surface area contributed by atoms with Crippen molar-refractivity contribution in [1.82, 2.24) is 0 Å². The minimum atomic E-state index is -0.647. The van der Waals surface area contributed by atoms with E-state index in [1.54, 1.807) is 6.29 Å². The zero-order chi connectivity index (χ0) is 21.4. The van der Waals surface area contributed by atoms with Gasteiger partial charge in [-0.1, -0.05) is 19.8 Å². The SMILES string of the molecule is CCCCC/C(=C\C/C=C(\C/C=C(\CCCC[C]=O)[N+](=O)[O-])[N+](=O)[O-])[N+](=O)[O-]. The van der Waals surface area contributed by atoms with Crippen molar-refractivity contribution in [2.24, 2.45) is 0 Å². The van der Waals surface area contributed by atoms with Gasteiger partial charge in [0.1, 0.15) is 0 Å². The highest BCUT2D eigenvalue weighted by atomic mass is 16.6. The fraction of sp³-hybridized carbons (Fsp3) is 0.611. The second kappa shape index (κ2) is 15.2. The number of carbonyl (C=O) groups excluding carboxylic acids is 1. The van der Waals surface area contributed by atoms with Crippen molar-refractivity contribution in [3.8, 4) is 0 Å². The van der Waals surface area contributed by atoms with Crippen molar-refractivity contribution in [3.63, 3.8) is 0 Å². The predicted octanol–water partition coefficient (Wildman–Crippen LogP) is 4.50. The van der Waals surface area contributed by atoms with Crippen molar-refractivity contribution in [1.29, 1.82) is 0 Å². The standard InChI is InChI=1S/C18H26N3O7/c1-2-3-5-9-16(19(23)24)11-8-12-18(21(27)28)14-13-17(20(25)26)10-6-4-7-15-22/h11-13H,2-10,14H2,1H3/b16-11+,17-13+,18-12+. The molecule has 0 aromatic rings. The maximum atomic E-state index is 11.1. The van der Waals surface area contributed by atoms with Crippen LogP contribution in [-0.2, 0) is 4.79 Å². The van der Waals surface area contributed by atoms with Crippen LogP contribution in [-0.4, -0.2) is 21.1 Å². The summed E-state index contributed by atoms with van der Waals surface area (Å²) in [5, 5.41) is 33.2. The van der Waals surface area contributed by atoms with Gasteiger partial charge < -0.3 is 0 Å². The lowest BCUT2D eigenvalue weighted by atomic mass is 10.1. The first-order valence-electron chi connectivity index (χ1n) is 9.18. The van der Waals surface area contributed by atoms with Crippen molar-refractivity contribution >= 4 is 6.29 Å². The molecule has 0 aliphatic carbocycles. The average Bonchev–Trinajstić information content (AvgIpc) is 2.63. The first kappa shape index (κ1) is 25.1. The van der Waals surface area contributed by atoms with E-state index in [0.717, 1.165) is 12.8 Å². The molecule has 0 fully saturated rings. The Balaban J connectivity index is 5.04. The third-order valence-electron chi connectivity index (χ3n) is 3.96. The topological polar surface area (TPSA) is 146 Å². The number of unbranched alkanes of at least 4 members (excludes halogenated alkanes) is 4. The molecule has 0 amide bonds. The van der Waals surface area contributed by atoms with Crippen LogP contribution in [0.5, 0.6) is 0 Å². The Kier molecular flexibility index (Phi) is 13.6. The highest BCUT2D eigenvalue weighted by molar-refractivity contribution is 5.50. The molecule has 10 nitrogen and oxygen atoms in total. The molecule has 0 N–H and O–H groups in total. The Bertz CT molecular complexity index is 639. The van der Waals surface area contributed by atoms with E-state index in [0.29, 0.717) is 25.7 Å². The lowest BCUT2D eigenvalue weighted by Gasteiger charge is -1.99. The molecule has 0 saturated carbocycles. The number of hydrogen-bond acceptors (Lipinski definition) is 7. The van der Waals surface area contributed by atoms with Crippen LogP contribution in [0.2, 0.25) is 0 Å². The zero-order valence-electron chi connectivity index (χ0n) is 16.0. The molecule has 0 aliphatic heterocycles. The molecule has 0 saturated heterocycles. The van der Waals surface area contributed by atoms with E-state index in [1.165, 1.54) is 18.2 Å². The Morgan fingerprint density at radius 1 is 0.786 bits per heavy atom. The smallest absolute Gasteiger partial charge is 0.246 e. The summed E-state index contributed by atoms with van der Waals surface area (Å²) in [5.74, 6) is 0. The molecule has 0 rings (SSSR count). The van der Waals surface area contributed by atoms with Crippen LogP contribution in [0.4, 0.5) is 0 Å². The van der Waals surface area contributed by atoms with Gasteiger partial charge in [0.25, 0.3) is 0 Å². The molecule has 0 aromatic carbocycles. The number of nitrogens with zero attached hydrogens (tertiary/aromatic N) is 3. The molecule has 0 spiro atoms. The van der Waals surface area contributed by atoms with Crippen LogP contribution >= 0.6 is 0 Å². The fourth-order valence-electron chi connectivity index (χ4n) is 2.38. The molecule has 0 aromatic heterocycles. The van der Waals surface area contributed by atoms with Crippen molar-refractivity contribution < 1.29 is 19.6 Å².